The second kappa shape index (κ2) is 15.2. The van der Waals surface area contributed by atoms with Crippen LogP contribution in [0.15, 0.2) is 36.4 Å². The molecule has 4 amide bonds. The van der Waals surface area contributed by atoms with Crippen molar-refractivity contribution < 1.29 is 33.6 Å². The first-order valence-electron chi connectivity index (χ1n) is 18.3. The Balaban J connectivity index is 1.51. The summed E-state index contributed by atoms with van der Waals surface area (Å²) in [5, 5.41) is 28.1. The number of aliphatic hydroxyl groups is 1. The quantitative estimate of drug-likeness (QED) is 0.0700. The van der Waals surface area contributed by atoms with Crippen LogP contribution in [0.5, 0.6) is 5.75 Å². The fraction of sp³-hybridized carbons (Fsp3) is 0.324. The van der Waals surface area contributed by atoms with Gasteiger partial charge in [-0.3, -0.25) is 34.5 Å². The highest BCUT2D eigenvalue weighted by molar-refractivity contribution is 6.07. The molecule has 0 spiro atoms. The number of carbonyl (C=O) groups is 4. The highest BCUT2D eigenvalue weighted by Gasteiger charge is 2.37. The molecule has 4 aromatic heterocycles. The van der Waals surface area contributed by atoms with E-state index in [0.717, 1.165) is 0 Å². The number of nitrogens with zero attached hydrogens (tertiary/aromatic N) is 9. The number of methoxy groups -OCH3 is 1. The molecular formula is C37H43N14O6+. The molecule has 0 bridgehead atoms. The summed E-state index contributed by atoms with van der Waals surface area (Å²) in [5.74, 6) is -1.38. The van der Waals surface area contributed by atoms with Crippen LogP contribution in [0, 0.1) is 13.8 Å². The van der Waals surface area contributed by atoms with Gasteiger partial charge in [0.1, 0.15) is 17.8 Å². The van der Waals surface area contributed by atoms with Crippen molar-refractivity contribution in [1.82, 2.24) is 38.7 Å². The monoisotopic (exact) mass is 779 g/mol. The van der Waals surface area contributed by atoms with E-state index < -0.39 is 23.6 Å². The van der Waals surface area contributed by atoms with Crippen LogP contribution < -0.4 is 36.7 Å². The maximum absolute atomic E-state index is 14.6. The van der Waals surface area contributed by atoms with E-state index in [9.17, 15) is 24.3 Å². The molecule has 0 aliphatic carbocycles. The van der Waals surface area contributed by atoms with Crippen molar-refractivity contribution in [2.45, 2.75) is 60.3 Å². The van der Waals surface area contributed by atoms with E-state index in [-0.39, 0.29) is 54.2 Å². The fourth-order valence-corrected chi connectivity index (χ4v) is 7.14. The molecule has 0 saturated carbocycles. The minimum atomic E-state index is -0.678. The van der Waals surface area contributed by atoms with Gasteiger partial charge in [0.2, 0.25) is 23.7 Å². The molecule has 1 aliphatic rings. The minimum absolute atomic E-state index is 0.0574. The highest BCUT2D eigenvalue weighted by Crippen LogP contribution is 2.33. The Labute approximate surface area is 325 Å². The molecule has 20 nitrogen and oxygen atoms in total. The van der Waals surface area contributed by atoms with E-state index in [0.29, 0.717) is 76.8 Å². The van der Waals surface area contributed by atoms with Gasteiger partial charge in [-0.05, 0) is 51.5 Å². The SMILES string of the molecule is CCn1nc(C)c2c1C(=O)Nc1nc3cc(C(N)=O)cc(NCCCO)c3n1C/C=C/Cn1c(nc3cc(C(N)=O)cc(OC)c31)NC(=O)c1n(CC)nc(C)[n+]1-2. The lowest BCUT2D eigenvalue weighted by Crippen LogP contribution is -2.44. The number of carbonyl (C=O) groups excluding carboxylic acids is 4. The standard InChI is InChI=1S/C37H42N14O6/c1-6-49-30-27(19(3)45-49)51-20(4)46-50(7-2)35(51)34(56)44-37-42-25-17-22(32(39)54)18-26(57-5)29(25)48(37)13-9-8-12-47-28-23(40-11-10-14-52)15-21(31(38)53)16-24(28)41-36(47)43-33(30)55/h8-9,15-18,40,52H,6-7,10-14H2,1-5H3,(H5-,38,39,41,42,43,44,53,54,55,56)/p+1/b9-8+. The molecule has 296 valence electrons. The van der Waals surface area contributed by atoms with Crippen molar-refractivity contribution in [1.29, 1.82) is 0 Å². The summed E-state index contributed by atoms with van der Waals surface area (Å²) in [7, 11) is 1.46. The van der Waals surface area contributed by atoms with Crippen LogP contribution in [0.3, 0.4) is 0 Å². The molecule has 20 heteroatoms. The largest absolute Gasteiger partial charge is 0.494 e. The summed E-state index contributed by atoms with van der Waals surface area (Å²) in [6.07, 6.45) is 4.12. The molecule has 0 atom stereocenters. The number of ether oxygens (including phenoxy) is 1. The first kappa shape index (κ1) is 38.2. The van der Waals surface area contributed by atoms with E-state index >= 15 is 0 Å². The molecule has 1 aliphatic heterocycles. The Hall–Kier alpha value is -7.09. The Morgan fingerprint density at radius 1 is 0.877 bits per heavy atom. The molecule has 57 heavy (non-hydrogen) atoms. The van der Waals surface area contributed by atoms with E-state index in [2.05, 4.69) is 26.1 Å². The van der Waals surface area contributed by atoms with Crippen molar-refractivity contribution >= 4 is 63.3 Å². The van der Waals surface area contributed by atoms with Crippen LogP contribution >= 0.6 is 0 Å². The third-order valence-electron chi connectivity index (χ3n) is 9.66. The van der Waals surface area contributed by atoms with Crippen LogP contribution in [0.25, 0.3) is 27.8 Å². The Kier molecular flexibility index (Phi) is 10.2. The molecule has 2 aromatic carbocycles. The Morgan fingerprint density at radius 3 is 2.07 bits per heavy atom. The van der Waals surface area contributed by atoms with Crippen molar-refractivity contribution in [3.8, 4) is 11.4 Å². The number of aryl methyl sites for hydroxylation is 4. The maximum Gasteiger partial charge on any atom is 0.331 e. The van der Waals surface area contributed by atoms with Crippen molar-refractivity contribution in [3.63, 3.8) is 0 Å². The van der Waals surface area contributed by atoms with E-state index in [1.165, 1.54) is 23.9 Å². The van der Waals surface area contributed by atoms with Gasteiger partial charge in [-0.1, -0.05) is 12.2 Å². The summed E-state index contributed by atoms with van der Waals surface area (Å²) in [6.45, 7) is 8.43. The summed E-state index contributed by atoms with van der Waals surface area (Å²) in [4.78, 5) is 63.4. The number of amides is 4. The molecule has 5 heterocycles. The summed E-state index contributed by atoms with van der Waals surface area (Å²) >= 11 is 0. The van der Waals surface area contributed by atoms with Crippen LogP contribution in [0.1, 0.15) is 73.6 Å². The lowest BCUT2D eigenvalue weighted by Gasteiger charge is -2.14. The third-order valence-corrected chi connectivity index (χ3v) is 9.66. The molecule has 0 saturated heterocycles. The van der Waals surface area contributed by atoms with Crippen molar-refractivity contribution in [3.05, 3.63) is 70.6 Å². The molecule has 8 N–H and O–H groups in total. The minimum Gasteiger partial charge on any atom is -0.494 e. The predicted molar refractivity (Wildman–Crippen MR) is 209 cm³/mol. The number of imidazole rings is 2. The zero-order valence-corrected chi connectivity index (χ0v) is 32.1. The number of fused-ring (bicyclic) bond motifs is 9. The first-order chi connectivity index (χ1) is 27.4. The van der Waals surface area contributed by atoms with E-state index in [1.807, 2.05) is 26.0 Å². The molecule has 0 radical (unpaired) electrons. The average Bonchev–Trinajstić information content (AvgIpc) is 3.91. The number of hydrogen-bond donors (Lipinski definition) is 6. The zero-order chi connectivity index (χ0) is 40.7. The number of benzene rings is 2. The summed E-state index contributed by atoms with van der Waals surface area (Å²) < 4.78 is 13.9. The lowest BCUT2D eigenvalue weighted by molar-refractivity contribution is -0.606. The second-order valence-electron chi connectivity index (χ2n) is 13.3. The van der Waals surface area contributed by atoms with Crippen LogP contribution in [0.2, 0.25) is 0 Å². The first-order valence-corrected chi connectivity index (χ1v) is 18.3. The number of nitrogens with one attached hydrogen (secondary N) is 3. The van der Waals surface area contributed by atoms with Gasteiger partial charge in [-0.15, -0.1) is 4.68 Å². The number of aliphatic hydroxyl groups excluding tert-OH is 1. The van der Waals surface area contributed by atoms with Gasteiger partial charge >= 0.3 is 11.7 Å². The van der Waals surface area contributed by atoms with Gasteiger partial charge in [0, 0.05) is 55.9 Å². The number of nitrogens with two attached hydrogens (primary N) is 2. The van der Waals surface area contributed by atoms with Gasteiger partial charge in [0.15, 0.2) is 11.4 Å². The number of rotatable bonds is 9. The zero-order valence-electron chi connectivity index (χ0n) is 32.1. The summed E-state index contributed by atoms with van der Waals surface area (Å²) in [5.41, 5.74) is 15.0. The van der Waals surface area contributed by atoms with Crippen LogP contribution in [0.4, 0.5) is 17.6 Å². The van der Waals surface area contributed by atoms with Crippen LogP contribution in [-0.4, -0.2) is 87.7 Å². The normalized spacial score (nSPS) is 13.7. The Bertz CT molecular complexity index is 2650. The molecule has 6 aromatic rings. The molecule has 7 rings (SSSR count). The topological polar surface area (TPSA) is 261 Å². The number of aromatic nitrogens is 9. The van der Waals surface area contributed by atoms with Gasteiger partial charge in [0.25, 0.3) is 11.7 Å². The van der Waals surface area contributed by atoms with Crippen molar-refractivity contribution in [2.75, 3.05) is 36.2 Å². The third kappa shape index (κ3) is 6.68. The number of anilines is 3. The van der Waals surface area contributed by atoms with Gasteiger partial charge in [-0.25, -0.2) is 9.97 Å². The van der Waals surface area contributed by atoms with Crippen LogP contribution in [-0.2, 0) is 26.2 Å². The molecule has 0 fully saturated rings. The van der Waals surface area contributed by atoms with Gasteiger partial charge in [0.05, 0.1) is 35.0 Å². The van der Waals surface area contributed by atoms with E-state index in [1.54, 1.807) is 44.4 Å². The van der Waals surface area contributed by atoms with Crippen molar-refractivity contribution in [2.24, 2.45) is 11.5 Å². The average molecular weight is 780 g/mol. The Morgan fingerprint density at radius 2 is 1.47 bits per heavy atom. The van der Waals surface area contributed by atoms with Gasteiger partial charge in [-0.2, -0.15) is 9.67 Å². The maximum atomic E-state index is 14.6. The second-order valence-corrected chi connectivity index (χ2v) is 13.3. The highest BCUT2D eigenvalue weighted by atomic mass is 16.5. The molecule has 0 unspecified atom stereocenters. The number of allylic oxidation sites excluding steroid dienone is 2. The lowest BCUT2D eigenvalue weighted by atomic mass is 10.1. The predicted octanol–water partition coefficient (Wildman–Crippen LogP) is 1.79. The van der Waals surface area contributed by atoms with E-state index in [4.69, 9.17) is 26.2 Å². The summed E-state index contributed by atoms with van der Waals surface area (Å²) in [6, 6.07) is 6.21. The fourth-order valence-electron chi connectivity index (χ4n) is 7.14. The van der Waals surface area contributed by atoms with Gasteiger partial charge < -0.3 is 35.8 Å². The number of primary amides is 2. The number of hydrogen-bond acceptors (Lipinski definition) is 11. The smallest absolute Gasteiger partial charge is 0.331 e. The molecular weight excluding hydrogens is 736 g/mol.